The second-order valence-corrected chi connectivity index (χ2v) is 3.40. The normalized spacial score (nSPS) is 9.24. The number of ether oxygens (including phenoxy) is 1. The predicted molar refractivity (Wildman–Crippen MR) is 66.9 cm³/mol. The van der Waals surface area contributed by atoms with E-state index in [-0.39, 0.29) is 6.61 Å². The van der Waals surface area contributed by atoms with E-state index < -0.39 is 0 Å². The van der Waals surface area contributed by atoms with Crippen LogP contribution in [0.25, 0.3) is 0 Å². The highest BCUT2D eigenvalue weighted by Crippen LogP contribution is 2.20. The van der Waals surface area contributed by atoms with E-state index in [2.05, 4.69) is 11.8 Å². The van der Waals surface area contributed by atoms with Crippen molar-refractivity contribution in [2.24, 2.45) is 0 Å². The number of hydrogen-bond acceptors (Lipinski definition) is 2. The van der Waals surface area contributed by atoms with Crippen LogP contribution in [0.1, 0.15) is 5.56 Å². The minimum Gasteiger partial charge on any atom is -0.457 e. The molecule has 0 saturated heterocycles. The molecule has 0 heterocycles. The van der Waals surface area contributed by atoms with Crippen LogP contribution in [0.4, 0.5) is 0 Å². The molecule has 0 aliphatic carbocycles. The summed E-state index contributed by atoms with van der Waals surface area (Å²) >= 11 is 0. The SMILES string of the molecule is OCC#Cc1ccc(Oc2ccccc2)cc1. The standard InChI is InChI=1S/C15H12O2/c16-12-4-5-13-8-10-15(11-9-13)17-14-6-2-1-3-7-14/h1-3,6-11,16H,12H2. The van der Waals surface area contributed by atoms with Gasteiger partial charge in [0, 0.05) is 5.56 Å². The maximum atomic E-state index is 8.58. The lowest BCUT2D eigenvalue weighted by atomic mass is 10.2. The largest absolute Gasteiger partial charge is 0.457 e. The lowest BCUT2D eigenvalue weighted by Gasteiger charge is -2.04. The molecule has 2 aromatic carbocycles. The summed E-state index contributed by atoms with van der Waals surface area (Å²) in [5, 5.41) is 8.58. The maximum Gasteiger partial charge on any atom is 0.127 e. The van der Waals surface area contributed by atoms with Crippen LogP contribution in [0.5, 0.6) is 11.5 Å². The molecule has 84 valence electrons. The van der Waals surface area contributed by atoms with E-state index in [4.69, 9.17) is 9.84 Å². The van der Waals surface area contributed by atoms with Gasteiger partial charge in [-0.25, -0.2) is 0 Å². The third-order valence-electron chi connectivity index (χ3n) is 2.15. The fraction of sp³-hybridized carbons (Fsp3) is 0.0667. The number of rotatable bonds is 2. The van der Waals surface area contributed by atoms with Crippen LogP contribution in [-0.4, -0.2) is 11.7 Å². The quantitative estimate of drug-likeness (QED) is 0.795. The van der Waals surface area contributed by atoms with Crippen molar-refractivity contribution in [3.63, 3.8) is 0 Å². The van der Waals surface area contributed by atoms with Gasteiger partial charge in [-0.05, 0) is 36.4 Å². The van der Waals surface area contributed by atoms with Crippen molar-refractivity contribution in [2.45, 2.75) is 0 Å². The average molecular weight is 224 g/mol. The minimum absolute atomic E-state index is 0.123. The van der Waals surface area contributed by atoms with Crippen LogP contribution >= 0.6 is 0 Å². The molecular weight excluding hydrogens is 212 g/mol. The Labute approximate surface area is 100 Å². The summed E-state index contributed by atoms with van der Waals surface area (Å²) in [7, 11) is 0. The summed E-state index contributed by atoms with van der Waals surface area (Å²) in [5.74, 6) is 7.00. The van der Waals surface area contributed by atoms with Crippen LogP contribution in [-0.2, 0) is 0 Å². The molecule has 0 spiro atoms. The highest BCUT2D eigenvalue weighted by molar-refractivity contribution is 5.39. The summed E-state index contributed by atoms with van der Waals surface area (Å²) in [5.41, 5.74) is 0.861. The first-order valence-electron chi connectivity index (χ1n) is 5.31. The van der Waals surface area contributed by atoms with E-state index in [1.807, 2.05) is 54.6 Å². The molecule has 0 bridgehead atoms. The Kier molecular flexibility index (Phi) is 3.80. The minimum atomic E-state index is -0.123. The lowest BCUT2D eigenvalue weighted by Crippen LogP contribution is -1.83. The molecule has 0 atom stereocenters. The fourth-order valence-electron chi connectivity index (χ4n) is 1.37. The summed E-state index contributed by atoms with van der Waals surface area (Å²) < 4.78 is 5.64. The molecule has 0 aliphatic rings. The van der Waals surface area contributed by atoms with Gasteiger partial charge in [-0.1, -0.05) is 30.0 Å². The Morgan fingerprint density at radius 3 is 2.18 bits per heavy atom. The first-order valence-corrected chi connectivity index (χ1v) is 5.31. The number of benzene rings is 2. The highest BCUT2D eigenvalue weighted by Gasteiger charge is 1.95. The Morgan fingerprint density at radius 2 is 1.53 bits per heavy atom. The van der Waals surface area contributed by atoms with Crippen LogP contribution < -0.4 is 4.74 Å². The van der Waals surface area contributed by atoms with Crippen molar-refractivity contribution in [3.05, 3.63) is 60.2 Å². The van der Waals surface area contributed by atoms with Crippen molar-refractivity contribution < 1.29 is 9.84 Å². The molecule has 2 rings (SSSR count). The van der Waals surface area contributed by atoms with Gasteiger partial charge in [-0.2, -0.15) is 0 Å². The molecule has 2 nitrogen and oxygen atoms in total. The van der Waals surface area contributed by atoms with E-state index in [0.717, 1.165) is 17.1 Å². The highest BCUT2D eigenvalue weighted by atomic mass is 16.5. The zero-order valence-corrected chi connectivity index (χ0v) is 9.26. The summed E-state index contributed by atoms with van der Waals surface area (Å²) in [4.78, 5) is 0. The molecule has 0 amide bonds. The van der Waals surface area contributed by atoms with Gasteiger partial charge in [0.25, 0.3) is 0 Å². The molecule has 0 unspecified atom stereocenters. The zero-order valence-electron chi connectivity index (χ0n) is 9.26. The van der Waals surface area contributed by atoms with Gasteiger partial charge >= 0.3 is 0 Å². The molecule has 0 saturated carbocycles. The topological polar surface area (TPSA) is 29.5 Å². The number of hydrogen-bond donors (Lipinski definition) is 1. The third-order valence-corrected chi connectivity index (χ3v) is 2.15. The van der Waals surface area contributed by atoms with E-state index >= 15 is 0 Å². The molecule has 0 radical (unpaired) electrons. The maximum absolute atomic E-state index is 8.58. The predicted octanol–water partition coefficient (Wildman–Crippen LogP) is 2.82. The van der Waals surface area contributed by atoms with Crippen molar-refractivity contribution in [1.82, 2.24) is 0 Å². The van der Waals surface area contributed by atoms with Crippen molar-refractivity contribution in [1.29, 1.82) is 0 Å². The fourth-order valence-corrected chi connectivity index (χ4v) is 1.37. The van der Waals surface area contributed by atoms with Gasteiger partial charge in [0.1, 0.15) is 18.1 Å². The van der Waals surface area contributed by atoms with E-state index in [1.54, 1.807) is 0 Å². The van der Waals surface area contributed by atoms with Gasteiger partial charge < -0.3 is 9.84 Å². The molecule has 2 heteroatoms. The molecule has 0 fully saturated rings. The van der Waals surface area contributed by atoms with Crippen molar-refractivity contribution in [3.8, 4) is 23.3 Å². The molecular formula is C15H12O2. The second kappa shape index (κ2) is 5.74. The summed E-state index contributed by atoms with van der Waals surface area (Å²) in [6, 6.07) is 17.0. The van der Waals surface area contributed by atoms with Crippen LogP contribution in [0, 0.1) is 11.8 Å². The zero-order chi connectivity index (χ0) is 11.9. The van der Waals surface area contributed by atoms with Crippen molar-refractivity contribution >= 4 is 0 Å². The lowest BCUT2D eigenvalue weighted by molar-refractivity contribution is 0.350. The first-order chi connectivity index (χ1) is 8.38. The Bertz CT molecular complexity index is 518. The number of aliphatic hydroxyl groups excluding tert-OH is 1. The van der Waals surface area contributed by atoms with Crippen LogP contribution in [0.15, 0.2) is 54.6 Å². The van der Waals surface area contributed by atoms with E-state index in [1.165, 1.54) is 0 Å². The number of para-hydroxylation sites is 1. The molecule has 0 aromatic heterocycles. The Hall–Kier alpha value is -2.24. The monoisotopic (exact) mass is 224 g/mol. The van der Waals surface area contributed by atoms with Gasteiger partial charge in [0.2, 0.25) is 0 Å². The molecule has 17 heavy (non-hydrogen) atoms. The van der Waals surface area contributed by atoms with Crippen molar-refractivity contribution in [2.75, 3.05) is 6.61 Å². The molecule has 0 aliphatic heterocycles. The third kappa shape index (κ3) is 3.37. The van der Waals surface area contributed by atoms with E-state index in [9.17, 15) is 0 Å². The van der Waals surface area contributed by atoms with Gasteiger partial charge in [0.15, 0.2) is 0 Å². The van der Waals surface area contributed by atoms with Gasteiger partial charge in [-0.15, -0.1) is 0 Å². The van der Waals surface area contributed by atoms with Crippen LogP contribution in [0.3, 0.4) is 0 Å². The van der Waals surface area contributed by atoms with Crippen LogP contribution in [0.2, 0.25) is 0 Å². The second-order valence-electron chi connectivity index (χ2n) is 3.40. The molecule has 1 N–H and O–H groups in total. The molecule has 2 aromatic rings. The number of aliphatic hydroxyl groups is 1. The van der Waals surface area contributed by atoms with Gasteiger partial charge in [-0.3, -0.25) is 0 Å². The van der Waals surface area contributed by atoms with Gasteiger partial charge in [0.05, 0.1) is 0 Å². The first kappa shape index (κ1) is 11.3. The summed E-state index contributed by atoms with van der Waals surface area (Å²) in [6.07, 6.45) is 0. The van der Waals surface area contributed by atoms with E-state index in [0.29, 0.717) is 0 Å². The Morgan fingerprint density at radius 1 is 0.882 bits per heavy atom. The summed E-state index contributed by atoms with van der Waals surface area (Å²) in [6.45, 7) is -0.123. The smallest absolute Gasteiger partial charge is 0.127 e. The Balaban J connectivity index is 2.08. The average Bonchev–Trinajstić information content (AvgIpc) is 2.39.